The van der Waals surface area contributed by atoms with Crippen LogP contribution in [-0.2, 0) is 7.05 Å². The monoisotopic (exact) mass is 229 g/mol. The zero-order valence-corrected chi connectivity index (χ0v) is 10.9. The van der Waals surface area contributed by atoms with Gasteiger partial charge in [0.25, 0.3) is 0 Å². The molecular formula is C14H19N3. The summed E-state index contributed by atoms with van der Waals surface area (Å²) in [5, 5.41) is 4.18. The molecule has 1 unspecified atom stereocenters. The standard InChI is InChI=1S/C14H19N3/c1-9-5-10(2)13(11(3)6-9)14(15)12-7-16-17(4)8-12/h5-8,14H,15H2,1-4H3. The van der Waals surface area contributed by atoms with Crippen LogP contribution in [-0.4, -0.2) is 9.78 Å². The maximum Gasteiger partial charge on any atom is 0.0588 e. The third kappa shape index (κ3) is 2.24. The Balaban J connectivity index is 2.47. The Morgan fingerprint density at radius 2 is 1.76 bits per heavy atom. The summed E-state index contributed by atoms with van der Waals surface area (Å²) in [6.07, 6.45) is 3.81. The van der Waals surface area contributed by atoms with Crippen molar-refractivity contribution in [3.8, 4) is 0 Å². The van der Waals surface area contributed by atoms with Gasteiger partial charge in [0.1, 0.15) is 0 Å². The van der Waals surface area contributed by atoms with E-state index in [1.165, 1.54) is 22.3 Å². The summed E-state index contributed by atoms with van der Waals surface area (Å²) in [7, 11) is 1.91. The highest BCUT2D eigenvalue weighted by Gasteiger charge is 2.15. The van der Waals surface area contributed by atoms with Crippen LogP contribution < -0.4 is 5.73 Å². The first-order chi connectivity index (χ1) is 7.99. The van der Waals surface area contributed by atoms with Crippen molar-refractivity contribution in [2.24, 2.45) is 12.8 Å². The molecule has 0 radical (unpaired) electrons. The van der Waals surface area contributed by atoms with E-state index in [0.29, 0.717) is 0 Å². The summed E-state index contributed by atoms with van der Waals surface area (Å²) >= 11 is 0. The van der Waals surface area contributed by atoms with Crippen LogP contribution in [0.1, 0.15) is 33.9 Å². The number of benzene rings is 1. The lowest BCUT2D eigenvalue weighted by atomic mass is 9.92. The molecule has 1 atom stereocenters. The molecule has 1 aromatic heterocycles. The van der Waals surface area contributed by atoms with E-state index >= 15 is 0 Å². The molecule has 0 spiro atoms. The first-order valence-electron chi connectivity index (χ1n) is 5.81. The fourth-order valence-corrected chi connectivity index (χ4v) is 2.45. The Hall–Kier alpha value is -1.61. The van der Waals surface area contributed by atoms with Crippen LogP contribution in [0.2, 0.25) is 0 Å². The molecule has 0 aliphatic heterocycles. The quantitative estimate of drug-likeness (QED) is 0.859. The van der Waals surface area contributed by atoms with Crippen LogP contribution in [0.15, 0.2) is 24.5 Å². The molecule has 1 aromatic carbocycles. The molecule has 1 heterocycles. The van der Waals surface area contributed by atoms with Gasteiger partial charge in [-0.1, -0.05) is 17.7 Å². The fraction of sp³-hybridized carbons (Fsp3) is 0.357. The van der Waals surface area contributed by atoms with E-state index in [1.807, 2.05) is 19.4 Å². The average Bonchev–Trinajstić information content (AvgIpc) is 2.63. The second-order valence-electron chi connectivity index (χ2n) is 4.74. The Labute approximate surface area is 102 Å². The number of hydrogen-bond donors (Lipinski definition) is 1. The van der Waals surface area contributed by atoms with Gasteiger partial charge in [-0.05, 0) is 37.5 Å². The van der Waals surface area contributed by atoms with Crippen molar-refractivity contribution in [1.82, 2.24) is 9.78 Å². The highest BCUT2D eigenvalue weighted by atomic mass is 15.2. The number of nitrogens with two attached hydrogens (primary N) is 1. The van der Waals surface area contributed by atoms with Crippen LogP contribution in [0.3, 0.4) is 0 Å². The van der Waals surface area contributed by atoms with Gasteiger partial charge in [-0.25, -0.2) is 0 Å². The number of aromatic nitrogens is 2. The molecule has 0 bridgehead atoms. The minimum Gasteiger partial charge on any atom is -0.320 e. The molecule has 0 saturated heterocycles. The van der Waals surface area contributed by atoms with Crippen molar-refractivity contribution < 1.29 is 0 Å². The Kier molecular flexibility index (Phi) is 3.03. The molecule has 17 heavy (non-hydrogen) atoms. The van der Waals surface area contributed by atoms with E-state index in [1.54, 1.807) is 4.68 Å². The Morgan fingerprint density at radius 3 is 2.24 bits per heavy atom. The van der Waals surface area contributed by atoms with Crippen molar-refractivity contribution in [3.05, 3.63) is 52.3 Å². The molecule has 0 aliphatic carbocycles. The van der Waals surface area contributed by atoms with Crippen LogP contribution >= 0.6 is 0 Å². The second kappa shape index (κ2) is 4.34. The van der Waals surface area contributed by atoms with Gasteiger partial charge in [-0.15, -0.1) is 0 Å². The predicted molar refractivity (Wildman–Crippen MR) is 69.9 cm³/mol. The third-order valence-electron chi connectivity index (χ3n) is 3.13. The lowest BCUT2D eigenvalue weighted by Gasteiger charge is -2.17. The van der Waals surface area contributed by atoms with Gasteiger partial charge in [0.15, 0.2) is 0 Å². The maximum absolute atomic E-state index is 6.33. The number of hydrogen-bond acceptors (Lipinski definition) is 2. The van der Waals surface area contributed by atoms with Gasteiger partial charge < -0.3 is 5.73 Å². The average molecular weight is 229 g/mol. The summed E-state index contributed by atoms with van der Waals surface area (Å²) in [5.41, 5.74) is 12.4. The summed E-state index contributed by atoms with van der Waals surface area (Å²) in [6.45, 7) is 6.34. The summed E-state index contributed by atoms with van der Waals surface area (Å²) < 4.78 is 1.79. The van der Waals surface area contributed by atoms with E-state index in [0.717, 1.165) is 5.56 Å². The van der Waals surface area contributed by atoms with Crippen LogP contribution in [0.25, 0.3) is 0 Å². The van der Waals surface area contributed by atoms with Gasteiger partial charge in [-0.3, -0.25) is 4.68 Å². The van der Waals surface area contributed by atoms with Gasteiger partial charge in [-0.2, -0.15) is 5.10 Å². The van der Waals surface area contributed by atoms with Crippen LogP contribution in [0.5, 0.6) is 0 Å². The molecule has 90 valence electrons. The molecule has 0 fully saturated rings. The van der Waals surface area contributed by atoms with Gasteiger partial charge in [0.05, 0.1) is 12.2 Å². The van der Waals surface area contributed by atoms with Crippen molar-refractivity contribution in [3.63, 3.8) is 0 Å². The predicted octanol–water partition coefficient (Wildman–Crippen LogP) is 2.39. The van der Waals surface area contributed by atoms with Crippen LogP contribution in [0.4, 0.5) is 0 Å². The second-order valence-corrected chi connectivity index (χ2v) is 4.74. The molecule has 0 aliphatic rings. The lowest BCUT2D eigenvalue weighted by Crippen LogP contribution is -2.14. The lowest BCUT2D eigenvalue weighted by molar-refractivity contribution is 0.764. The topological polar surface area (TPSA) is 43.8 Å². The molecule has 2 rings (SSSR count). The highest BCUT2D eigenvalue weighted by molar-refractivity contribution is 5.43. The largest absolute Gasteiger partial charge is 0.320 e. The van der Waals surface area contributed by atoms with Gasteiger partial charge >= 0.3 is 0 Å². The maximum atomic E-state index is 6.33. The summed E-state index contributed by atoms with van der Waals surface area (Å²) in [6, 6.07) is 4.27. The molecule has 2 N–H and O–H groups in total. The minimum atomic E-state index is -0.0932. The van der Waals surface area contributed by atoms with Crippen molar-refractivity contribution in [2.75, 3.05) is 0 Å². The van der Waals surface area contributed by atoms with E-state index in [2.05, 4.69) is 38.0 Å². The van der Waals surface area contributed by atoms with Crippen LogP contribution in [0, 0.1) is 20.8 Å². The molecule has 2 aromatic rings. The number of rotatable bonds is 2. The number of nitrogens with zero attached hydrogens (tertiary/aromatic N) is 2. The molecule has 0 amide bonds. The summed E-state index contributed by atoms with van der Waals surface area (Å²) in [5.74, 6) is 0. The van der Waals surface area contributed by atoms with Crippen molar-refractivity contribution >= 4 is 0 Å². The van der Waals surface area contributed by atoms with E-state index in [4.69, 9.17) is 5.73 Å². The van der Waals surface area contributed by atoms with E-state index < -0.39 is 0 Å². The molecular weight excluding hydrogens is 210 g/mol. The van der Waals surface area contributed by atoms with Crippen molar-refractivity contribution in [1.29, 1.82) is 0 Å². The normalized spacial score (nSPS) is 12.8. The van der Waals surface area contributed by atoms with Crippen molar-refractivity contribution in [2.45, 2.75) is 26.8 Å². The zero-order valence-electron chi connectivity index (χ0n) is 10.9. The molecule has 0 saturated carbocycles. The van der Waals surface area contributed by atoms with E-state index in [-0.39, 0.29) is 6.04 Å². The highest BCUT2D eigenvalue weighted by Crippen LogP contribution is 2.26. The zero-order chi connectivity index (χ0) is 12.6. The van der Waals surface area contributed by atoms with E-state index in [9.17, 15) is 0 Å². The first-order valence-corrected chi connectivity index (χ1v) is 5.81. The molecule has 3 nitrogen and oxygen atoms in total. The number of aryl methyl sites for hydroxylation is 4. The molecule has 3 heteroatoms. The third-order valence-corrected chi connectivity index (χ3v) is 3.13. The summed E-state index contributed by atoms with van der Waals surface area (Å²) in [4.78, 5) is 0. The van der Waals surface area contributed by atoms with Gasteiger partial charge in [0, 0.05) is 18.8 Å². The first kappa shape index (κ1) is 11.9. The SMILES string of the molecule is Cc1cc(C)c(C(N)c2cnn(C)c2)c(C)c1. The smallest absolute Gasteiger partial charge is 0.0588 e. The fourth-order valence-electron chi connectivity index (χ4n) is 2.45. The van der Waals surface area contributed by atoms with Gasteiger partial charge in [0.2, 0.25) is 0 Å². The Bertz CT molecular complexity index is 517. The Morgan fingerprint density at radius 1 is 1.18 bits per heavy atom. The minimum absolute atomic E-state index is 0.0932.